The lowest BCUT2D eigenvalue weighted by molar-refractivity contribution is 0.186. The maximum atomic E-state index is 12.5. The highest BCUT2D eigenvalue weighted by Crippen LogP contribution is 2.33. The number of rotatable bonds is 4. The van der Waals surface area contributed by atoms with E-state index in [1.165, 1.54) is 17.7 Å². The molecular weight excluding hydrogens is 290 g/mol. The van der Waals surface area contributed by atoms with Crippen LogP contribution >= 0.6 is 11.3 Å². The molecule has 3 aromatic heterocycles. The monoisotopic (exact) mass is 305 g/mol. The standard InChI is InChI=1S/C13H15N5O2S/c1-17(2)11-8-9-10(21-12(8)15-6-14-11)13(19)18(7-16-9)4-5-20-3/h6-7H,4-5H2,1-3H3. The molecule has 0 unspecified atom stereocenters. The van der Waals surface area contributed by atoms with E-state index >= 15 is 0 Å². The maximum absolute atomic E-state index is 12.5. The van der Waals surface area contributed by atoms with Gasteiger partial charge in [-0.25, -0.2) is 15.0 Å². The van der Waals surface area contributed by atoms with E-state index in [4.69, 9.17) is 4.74 Å². The van der Waals surface area contributed by atoms with Crippen molar-refractivity contribution < 1.29 is 4.74 Å². The smallest absolute Gasteiger partial charge is 0.271 e. The number of fused-ring (bicyclic) bond motifs is 3. The van der Waals surface area contributed by atoms with Crippen molar-refractivity contribution in [2.45, 2.75) is 6.54 Å². The van der Waals surface area contributed by atoms with Gasteiger partial charge in [0.1, 0.15) is 27.2 Å². The first-order valence-electron chi connectivity index (χ1n) is 6.42. The van der Waals surface area contributed by atoms with Gasteiger partial charge in [0.05, 0.1) is 24.9 Å². The van der Waals surface area contributed by atoms with Crippen LogP contribution in [0.3, 0.4) is 0 Å². The molecule has 0 spiro atoms. The Kier molecular flexibility index (Phi) is 3.56. The molecule has 21 heavy (non-hydrogen) atoms. The largest absolute Gasteiger partial charge is 0.383 e. The molecule has 0 aliphatic heterocycles. The summed E-state index contributed by atoms with van der Waals surface area (Å²) in [5.41, 5.74) is 0.600. The normalized spacial score (nSPS) is 11.4. The highest BCUT2D eigenvalue weighted by atomic mass is 32.1. The number of hydrogen-bond donors (Lipinski definition) is 0. The van der Waals surface area contributed by atoms with E-state index in [2.05, 4.69) is 15.0 Å². The summed E-state index contributed by atoms with van der Waals surface area (Å²) < 4.78 is 7.17. The first kappa shape index (κ1) is 13.9. The fraction of sp³-hybridized carbons (Fsp3) is 0.385. The van der Waals surface area contributed by atoms with Crippen molar-refractivity contribution in [1.29, 1.82) is 0 Å². The van der Waals surface area contributed by atoms with E-state index in [1.54, 1.807) is 18.0 Å². The second-order valence-electron chi connectivity index (χ2n) is 4.79. The molecule has 0 N–H and O–H groups in total. The lowest BCUT2D eigenvalue weighted by Gasteiger charge is -2.11. The lowest BCUT2D eigenvalue weighted by atomic mass is 10.3. The van der Waals surface area contributed by atoms with Crippen molar-refractivity contribution in [1.82, 2.24) is 19.5 Å². The summed E-state index contributed by atoms with van der Waals surface area (Å²) in [6, 6.07) is 0. The van der Waals surface area contributed by atoms with Crippen LogP contribution in [0.1, 0.15) is 0 Å². The number of anilines is 1. The van der Waals surface area contributed by atoms with Crippen LogP contribution in [-0.4, -0.2) is 47.3 Å². The van der Waals surface area contributed by atoms with Gasteiger partial charge in [0.15, 0.2) is 0 Å². The van der Waals surface area contributed by atoms with Gasteiger partial charge in [-0.05, 0) is 0 Å². The van der Waals surface area contributed by atoms with Gasteiger partial charge in [-0.1, -0.05) is 0 Å². The minimum atomic E-state index is -0.0650. The fourth-order valence-electron chi connectivity index (χ4n) is 2.17. The van der Waals surface area contributed by atoms with Crippen LogP contribution in [0.2, 0.25) is 0 Å². The number of thiophene rings is 1. The number of nitrogens with zero attached hydrogens (tertiary/aromatic N) is 5. The predicted molar refractivity (Wildman–Crippen MR) is 83.2 cm³/mol. The number of aromatic nitrogens is 4. The molecule has 0 bridgehead atoms. The SMILES string of the molecule is COCCn1cnc2c(sc3ncnc(N(C)C)c32)c1=O. The number of ether oxygens (including phenoxy) is 1. The molecule has 8 heteroatoms. The van der Waals surface area contributed by atoms with Crippen molar-refractivity contribution in [3.05, 3.63) is 23.0 Å². The third-order valence-electron chi connectivity index (χ3n) is 3.18. The Balaban J connectivity index is 2.30. The van der Waals surface area contributed by atoms with Crippen molar-refractivity contribution >= 4 is 37.6 Å². The molecule has 0 atom stereocenters. The molecule has 7 nitrogen and oxygen atoms in total. The minimum Gasteiger partial charge on any atom is -0.383 e. The van der Waals surface area contributed by atoms with Crippen molar-refractivity contribution in [2.75, 3.05) is 32.7 Å². The van der Waals surface area contributed by atoms with Crippen LogP contribution in [-0.2, 0) is 11.3 Å². The Morgan fingerprint density at radius 2 is 2.14 bits per heavy atom. The van der Waals surface area contributed by atoms with Gasteiger partial charge in [0.25, 0.3) is 5.56 Å². The summed E-state index contributed by atoms with van der Waals surface area (Å²) in [6.45, 7) is 0.958. The first-order valence-corrected chi connectivity index (χ1v) is 7.24. The topological polar surface area (TPSA) is 73.1 Å². The number of methoxy groups -OCH3 is 1. The minimum absolute atomic E-state index is 0.0650. The van der Waals surface area contributed by atoms with Crippen molar-refractivity contribution in [2.24, 2.45) is 0 Å². The summed E-state index contributed by atoms with van der Waals surface area (Å²) in [5.74, 6) is 0.771. The third kappa shape index (κ3) is 2.26. The molecule has 0 saturated carbocycles. The van der Waals surface area contributed by atoms with E-state index < -0.39 is 0 Å². The molecule has 0 fully saturated rings. The van der Waals surface area contributed by atoms with E-state index in [1.807, 2.05) is 19.0 Å². The summed E-state index contributed by atoms with van der Waals surface area (Å²) >= 11 is 1.35. The highest BCUT2D eigenvalue weighted by Gasteiger charge is 2.17. The van der Waals surface area contributed by atoms with Crippen LogP contribution < -0.4 is 10.5 Å². The van der Waals surface area contributed by atoms with Crippen LogP contribution in [0.5, 0.6) is 0 Å². The molecule has 110 valence electrons. The molecular formula is C13H15N5O2S. The average molecular weight is 305 g/mol. The van der Waals surface area contributed by atoms with Gasteiger partial charge in [-0.2, -0.15) is 0 Å². The van der Waals surface area contributed by atoms with Crippen LogP contribution in [0, 0.1) is 0 Å². The molecule has 0 amide bonds. The second-order valence-corrected chi connectivity index (χ2v) is 5.79. The van der Waals surface area contributed by atoms with E-state index in [0.29, 0.717) is 23.4 Å². The third-order valence-corrected chi connectivity index (χ3v) is 4.26. The Morgan fingerprint density at radius 3 is 2.86 bits per heavy atom. The van der Waals surface area contributed by atoms with Crippen molar-refractivity contribution in [3.8, 4) is 0 Å². The van der Waals surface area contributed by atoms with Crippen LogP contribution in [0.4, 0.5) is 5.82 Å². The zero-order chi connectivity index (χ0) is 15.0. The predicted octanol–water partition coefficient (Wildman–Crippen LogP) is 1.11. The Hall–Kier alpha value is -2.06. The van der Waals surface area contributed by atoms with Crippen LogP contribution in [0.25, 0.3) is 20.4 Å². The first-order chi connectivity index (χ1) is 10.1. The second kappa shape index (κ2) is 5.38. The van der Waals surface area contributed by atoms with Crippen molar-refractivity contribution in [3.63, 3.8) is 0 Å². The average Bonchev–Trinajstić information content (AvgIpc) is 2.86. The summed E-state index contributed by atoms with van der Waals surface area (Å²) in [4.78, 5) is 28.2. The Labute approximate surface area is 124 Å². The quantitative estimate of drug-likeness (QED) is 0.719. The molecule has 0 radical (unpaired) electrons. The molecule has 0 aliphatic carbocycles. The summed E-state index contributed by atoms with van der Waals surface area (Å²) in [6.07, 6.45) is 3.07. The molecule has 0 aromatic carbocycles. The Morgan fingerprint density at radius 1 is 1.33 bits per heavy atom. The summed E-state index contributed by atoms with van der Waals surface area (Å²) in [7, 11) is 5.42. The molecule has 3 heterocycles. The molecule has 0 aliphatic rings. The molecule has 0 saturated heterocycles. The zero-order valence-corrected chi connectivity index (χ0v) is 12.8. The van der Waals surface area contributed by atoms with Gasteiger partial charge in [0, 0.05) is 21.2 Å². The van der Waals surface area contributed by atoms with Gasteiger partial charge in [0.2, 0.25) is 0 Å². The zero-order valence-electron chi connectivity index (χ0n) is 12.0. The van der Waals surface area contributed by atoms with E-state index in [-0.39, 0.29) is 5.56 Å². The molecule has 3 aromatic rings. The van der Waals surface area contributed by atoms with Gasteiger partial charge >= 0.3 is 0 Å². The lowest BCUT2D eigenvalue weighted by Crippen LogP contribution is -2.21. The number of hydrogen-bond acceptors (Lipinski definition) is 7. The van der Waals surface area contributed by atoms with Gasteiger partial charge in [-0.15, -0.1) is 11.3 Å². The summed E-state index contributed by atoms with van der Waals surface area (Å²) in [5, 5.41) is 0.832. The fourth-order valence-corrected chi connectivity index (χ4v) is 3.21. The maximum Gasteiger partial charge on any atom is 0.271 e. The van der Waals surface area contributed by atoms with E-state index in [0.717, 1.165) is 16.0 Å². The van der Waals surface area contributed by atoms with Crippen LogP contribution in [0.15, 0.2) is 17.4 Å². The Bertz CT molecular complexity index is 855. The van der Waals surface area contributed by atoms with E-state index in [9.17, 15) is 4.79 Å². The molecule has 3 rings (SSSR count). The highest BCUT2D eigenvalue weighted by molar-refractivity contribution is 7.25. The van der Waals surface area contributed by atoms with Gasteiger partial charge in [-0.3, -0.25) is 9.36 Å². The van der Waals surface area contributed by atoms with Gasteiger partial charge < -0.3 is 9.64 Å².